The van der Waals surface area contributed by atoms with Gasteiger partial charge in [0, 0.05) is 10.8 Å². The summed E-state index contributed by atoms with van der Waals surface area (Å²) in [4.78, 5) is 0. The number of furan rings is 1. The van der Waals surface area contributed by atoms with Gasteiger partial charge in [-0.2, -0.15) is 0 Å². The van der Waals surface area contributed by atoms with Gasteiger partial charge < -0.3 is 4.42 Å². The number of hydrogen-bond donors (Lipinski definition) is 0. The maximum Gasteiger partial charge on any atom is 0.154 e. The van der Waals surface area contributed by atoms with Crippen molar-refractivity contribution in [2.45, 2.75) is 0 Å². The van der Waals surface area contributed by atoms with Gasteiger partial charge in [-0.1, -0.05) is 66.0 Å². The lowest BCUT2D eigenvalue weighted by atomic mass is 9.99. The third-order valence-corrected chi connectivity index (χ3v) is 3.10. The zero-order chi connectivity index (χ0) is 23.1. The molecule has 0 aliphatic heterocycles. The summed E-state index contributed by atoms with van der Waals surface area (Å²) in [5.74, 6) is 0. The smallest absolute Gasteiger partial charge is 0.154 e. The molecular formula is C18H11ClO. The second kappa shape index (κ2) is 4.39. The second-order valence-corrected chi connectivity index (χ2v) is 4.33. The molecule has 0 amide bonds. The second-order valence-electron chi connectivity index (χ2n) is 3.95. The van der Waals surface area contributed by atoms with E-state index in [-0.39, 0.29) is 38.1 Å². The van der Waals surface area contributed by atoms with Crippen molar-refractivity contribution < 1.29 is 19.5 Å². The Bertz CT molecular complexity index is 1430. The third kappa shape index (κ3) is 1.64. The Balaban J connectivity index is 2.40. The van der Waals surface area contributed by atoms with Crippen molar-refractivity contribution in [2.75, 3.05) is 0 Å². The molecule has 0 fully saturated rings. The quantitative estimate of drug-likeness (QED) is 0.425. The van der Waals surface area contributed by atoms with E-state index in [0.29, 0.717) is 0 Å². The molecule has 0 bridgehead atoms. The molecule has 0 unspecified atom stereocenters. The van der Waals surface area contributed by atoms with Gasteiger partial charge in [-0.25, -0.2) is 0 Å². The third-order valence-electron chi connectivity index (χ3n) is 2.83. The van der Waals surface area contributed by atoms with Crippen LogP contribution in [0.2, 0.25) is 5.02 Å². The normalized spacial score (nSPS) is 18.9. The van der Waals surface area contributed by atoms with Crippen molar-refractivity contribution in [3.63, 3.8) is 0 Å². The molecule has 0 aliphatic carbocycles. The summed E-state index contributed by atoms with van der Waals surface area (Å²) in [7, 11) is 0. The molecule has 96 valence electrons. The molecular weight excluding hydrogens is 268 g/mol. The highest BCUT2D eigenvalue weighted by atomic mass is 35.5. The number of hydrogen-bond acceptors (Lipinski definition) is 1. The molecule has 4 rings (SSSR count). The van der Waals surface area contributed by atoms with Crippen LogP contribution in [0.25, 0.3) is 33.1 Å². The van der Waals surface area contributed by atoms with Crippen LogP contribution in [0, 0.1) is 0 Å². The average Bonchev–Trinajstić information content (AvgIpc) is 3.14. The minimum absolute atomic E-state index is 0.119. The highest BCUT2D eigenvalue weighted by molar-refractivity contribution is 6.36. The molecule has 0 radical (unpaired) electrons. The van der Waals surface area contributed by atoms with Gasteiger partial charge in [-0.3, -0.25) is 0 Å². The standard InChI is InChI=1S/C18H11ClO/c19-15-11-10-13(12-6-2-1-3-7-12)17-14-8-4-5-9-16(14)20-18(15)17/h1-11H/i1D,2D,3D,4D,5D,6D,7D,8D,9D,10D,11D. The highest BCUT2D eigenvalue weighted by Gasteiger charge is 2.14. The molecule has 2 heteroatoms. The summed E-state index contributed by atoms with van der Waals surface area (Å²) < 4.78 is 94.6. The van der Waals surface area contributed by atoms with Crippen LogP contribution in [0.15, 0.2) is 70.9 Å². The van der Waals surface area contributed by atoms with Gasteiger partial charge in [0.25, 0.3) is 0 Å². The maximum absolute atomic E-state index is 8.44. The number of halogens is 1. The van der Waals surface area contributed by atoms with Gasteiger partial charge in [-0.05, 0) is 23.2 Å². The van der Waals surface area contributed by atoms with E-state index in [1.807, 2.05) is 0 Å². The van der Waals surface area contributed by atoms with E-state index >= 15 is 0 Å². The fraction of sp³-hybridized carbons (Fsp3) is 0. The minimum atomic E-state index is -0.653. The van der Waals surface area contributed by atoms with Crippen molar-refractivity contribution in [3.05, 3.63) is 71.5 Å². The molecule has 0 saturated carbocycles. The first kappa shape index (κ1) is 4.94. The van der Waals surface area contributed by atoms with Crippen LogP contribution in [0.4, 0.5) is 0 Å². The lowest BCUT2D eigenvalue weighted by Crippen LogP contribution is -1.79. The summed E-state index contributed by atoms with van der Waals surface area (Å²) in [6.45, 7) is 0. The highest BCUT2D eigenvalue weighted by Crippen LogP contribution is 2.39. The zero-order valence-corrected chi connectivity index (χ0v) is 10.5. The summed E-state index contributed by atoms with van der Waals surface area (Å²) in [6.07, 6.45) is 0. The Morgan fingerprint density at radius 3 is 2.45 bits per heavy atom. The van der Waals surface area contributed by atoms with E-state index < -0.39 is 66.5 Å². The van der Waals surface area contributed by atoms with E-state index in [4.69, 9.17) is 31.1 Å². The van der Waals surface area contributed by atoms with Crippen LogP contribution in [-0.2, 0) is 0 Å². The SMILES string of the molecule is [2H]c1c([2H])c([2H])c(-c2c([2H])c([2H])c(Cl)c3oc4c([2H])c([2H])c([2H])c([2H])c4c23)c([2H])c1[2H]. The molecule has 0 saturated heterocycles. The Kier molecular flexibility index (Phi) is 1.09. The predicted octanol–water partition coefficient (Wildman–Crippen LogP) is 5.91. The molecule has 0 N–H and O–H groups in total. The summed E-state index contributed by atoms with van der Waals surface area (Å²) >= 11 is 6.20. The largest absolute Gasteiger partial charge is 0.454 e. The Morgan fingerprint density at radius 2 is 1.60 bits per heavy atom. The molecule has 1 nitrogen and oxygen atoms in total. The summed E-state index contributed by atoms with van der Waals surface area (Å²) in [5.41, 5.74) is -1.18. The van der Waals surface area contributed by atoms with Crippen LogP contribution >= 0.6 is 11.6 Å². The van der Waals surface area contributed by atoms with Gasteiger partial charge >= 0.3 is 0 Å². The topological polar surface area (TPSA) is 13.1 Å². The molecule has 3 aromatic carbocycles. The van der Waals surface area contributed by atoms with E-state index in [2.05, 4.69) is 0 Å². The van der Waals surface area contributed by atoms with Crippen molar-refractivity contribution in [3.8, 4) is 11.1 Å². The van der Waals surface area contributed by atoms with Crippen molar-refractivity contribution in [1.82, 2.24) is 0 Å². The first-order valence-corrected chi connectivity index (χ1v) is 5.98. The lowest BCUT2D eigenvalue weighted by Gasteiger charge is -2.04. The minimum Gasteiger partial charge on any atom is -0.454 e. The van der Waals surface area contributed by atoms with Crippen LogP contribution in [0.1, 0.15) is 15.1 Å². The zero-order valence-electron chi connectivity index (χ0n) is 20.8. The van der Waals surface area contributed by atoms with E-state index in [0.717, 1.165) is 0 Å². The van der Waals surface area contributed by atoms with Gasteiger partial charge in [0.1, 0.15) is 5.58 Å². The first-order valence-electron chi connectivity index (χ1n) is 11.1. The van der Waals surface area contributed by atoms with Crippen molar-refractivity contribution in [1.29, 1.82) is 0 Å². The molecule has 1 heterocycles. The number of para-hydroxylation sites is 1. The maximum atomic E-state index is 8.44. The van der Waals surface area contributed by atoms with E-state index in [1.165, 1.54) is 0 Å². The Labute approximate surface area is 136 Å². The van der Waals surface area contributed by atoms with Crippen LogP contribution in [0.3, 0.4) is 0 Å². The van der Waals surface area contributed by atoms with Gasteiger partial charge in [0.2, 0.25) is 0 Å². The van der Waals surface area contributed by atoms with Gasteiger partial charge in [0.05, 0.1) is 20.1 Å². The molecule has 0 aliphatic rings. The molecule has 0 spiro atoms. The van der Waals surface area contributed by atoms with E-state index in [1.54, 1.807) is 0 Å². The van der Waals surface area contributed by atoms with Crippen LogP contribution in [-0.4, -0.2) is 0 Å². The number of rotatable bonds is 1. The monoisotopic (exact) mass is 289 g/mol. The predicted molar refractivity (Wildman–Crippen MR) is 84.2 cm³/mol. The molecule has 20 heavy (non-hydrogen) atoms. The first-order chi connectivity index (χ1) is 14.4. The van der Waals surface area contributed by atoms with Crippen molar-refractivity contribution >= 4 is 33.5 Å². The summed E-state index contributed by atoms with van der Waals surface area (Å²) in [6, 6.07) is -6.45. The van der Waals surface area contributed by atoms with Gasteiger partial charge in [0.15, 0.2) is 5.58 Å². The number of benzene rings is 3. The van der Waals surface area contributed by atoms with Crippen molar-refractivity contribution in [2.24, 2.45) is 0 Å². The fourth-order valence-electron chi connectivity index (χ4n) is 2.01. The molecule has 4 aromatic rings. The fourth-order valence-corrected chi connectivity index (χ4v) is 2.19. The van der Waals surface area contributed by atoms with Gasteiger partial charge in [-0.15, -0.1) is 0 Å². The van der Waals surface area contributed by atoms with E-state index in [9.17, 15) is 0 Å². The summed E-state index contributed by atoms with van der Waals surface area (Å²) in [5, 5.41) is -0.603. The average molecular weight is 290 g/mol. The Morgan fingerprint density at radius 1 is 0.850 bits per heavy atom. The van der Waals surface area contributed by atoms with Crippen LogP contribution in [0.5, 0.6) is 0 Å². The molecule has 1 aromatic heterocycles. The number of fused-ring (bicyclic) bond motifs is 3. The lowest BCUT2D eigenvalue weighted by molar-refractivity contribution is 0.669. The Hall–Kier alpha value is -2.25. The molecule has 0 atom stereocenters. The van der Waals surface area contributed by atoms with Crippen LogP contribution < -0.4 is 0 Å².